The minimum atomic E-state index is -4.49. The number of halogens is 3. The van der Waals surface area contributed by atoms with Crippen LogP contribution >= 0.6 is 11.3 Å². The van der Waals surface area contributed by atoms with Gasteiger partial charge in [-0.25, -0.2) is 4.98 Å². The van der Waals surface area contributed by atoms with E-state index >= 15 is 0 Å². The van der Waals surface area contributed by atoms with Crippen molar-refractivity contribution >= 4 is 23.1 Å². The molecule has 2 heterocycles. The average Bonchev–Trinajstić information content (AvgIpc) is 2.90. The summed E-state index contributed by atoms with van der Waals surface area (Å²) in [5.74, 6) is 0.221. The van der Waals surface area contributed by atoms with Crippen molar-refractivity contribution in [2.24, 2.45) is 0 Å². The third-order valence-corrected chi connectivity index (χ3v) is 3.46. The molecule has 0 aliphatic heterocycles. The van der Waals surface area contributed by atoms with Crippen molar-refractivity contribution in [3.8, 4) is 0 Å². The monoisotopic (exact) mass is 316 g/mol. The van der Waals surface area contributed by atoms with Gasteiger partial charge in [0, 0.05) is 26.2 Å². The van der Waals surface area contributed by atoms with E-state index in [0.717, 1.165) is 11.6 Å². The van der Waals surface area contributed by atoms with Crippen LogP contribution in [-0.2, 0) is 12.7 Å². The number of rotatable bonds is 5. The Morgan fingerprint density at radius 3 is 2.67 bits per heavy atom. The Balaban J connectivity index is 2.30. The molecule has 2 aromatic heterocycles. The molecule has 0 saturated heterocycles. The summed E-state index contributed by atoms with van der Waals surface area (Å²) in [4.78, 5) is 9.29. The zero-order valence-electron chi connectivity index (χ0n) is 11.6. The predicted molar refractivity (Wildman–Crippen MR) is 77.6 cm³/mol. The summed E-state index contributed by atoms with van der Waals surface area (Å²) >= 11 is 1.54. The number of thiophene rings is 1. The van der Waals surface area contributed by atoms with Crippen LogP contribution in [0.4, 0.5) is 24.9 Å². The standard InChI is InChI=1S/C13H15F3N4S/c1-3-17-12-18-10(13(14,15)16)6-11(19-12)20(2)7-9-4-5-21-8-9/h4-6,8H,3,7H2,1-2H3,(H,17,18,19). The quantitative estimate of drug-likeness (QED) is 0.914. The van der Waals surface area contributed by atoms with E-state index in [-0.39, 0.29) is 11.8 Å². The molecule has 0 amide bonds. The Kier molecular flexibility index (Phi) is 4.66. The molecule has 114 valence electrons. The van der Waals surface area contributed by atoms with Gasteiger partial charge in [0.2, 0.25) is 5.95 Å². The average molecular weight is 316 g/mol. The van der Waals surface area contributed by atoms with Crippen LogP contribution in [0.3, 0.4) is 0 Å². The Bertz CT molecular complexity index is 584. The zero-order chi connectivity index (χ0) is 15.5. The first-order valence-electron chi connectivity index (χ1n) is 6.32. The highest BCUT2D eigenvalue weighted by atomic mass is 32.1. The van der Waals surface area contributed by atoms with Crippen molar-refractivity contribution in [2.45, 2.75) is 19.6 Å². The van der Waals surface area contributed by atoms with Gasteiger partial charge < -0.3 is 10.2 Å². The van der Waals surface area contributed by atoms with E-state index in [2.05, 4.69) is 15.3 Å². The van der Waals surface area contributed by atoms with Crippen LogP contribution < -0.4 is 10.2 Å². The Hall–Kier alpha value is -1.83. The first-order valence-corrected chi connectivity index (χ1v) is 7.26. The van der Waals surface area contributed by atoms with Gasteiger partial charge in [0.05, 0.1) is 0 Å². The van der Waals surface area contributed by atoms with E-state index in [0.29, 0.717) is 13.1 Å². The first kappa shape index (κ1) is 15.6. The predicted octanol–water partition coefficient (Wildman–Crippen LogP) is 3.63. The highest BCUT2D eigenvalue weighted by Gasteiger charge is 2.34. The second-order valence-electron chi connectivity index (χ2n) is 4.45. The molecule has 2 rings (SSSR count). The van der Waals surface area contributed by atoms with Gasteiger partial charge in [-0.2, -0.15) is 29.5 Å². The summed E-state index contributed by atoms with van der Waals surface area (Å²) in [7, 11) is 1.70. The van der Waals surface area contributed by atoms with E-state index < -0.39 is 11.9 Å². The van der Waals surface area contributed by atoms with Gasteiger partial charge in [-0.15, -0.1) is 0 Å². The molecule has 0 atom stereocenters. The van der Waals surface area contributed by atoms with Crippen LogP contribution in [0.15, 0.2) is 22.9 Å². The summed E-state index contributed by atoms with van der Waals surface area (Å²) in [6.07, 6.45) is -4.49. The van der Waals surface area contributed by atoms with Crippen LogP contribution in [-0.4, -0.2) is 23.6 Å². The van der Waals surface area contributed by atoms with E-state index in [9.17, 15) is 13.2 Å². The SMILES string of the molecule is CCNc1nc(N(C)Cc2ccsc2)cc(C(F)(F)F)n1. The lowest BCUT2D eigenvalue weighted by molar-refractivity contribution is -0.141. The molecule has 0 spiro atoms. The summed E-state index contributed by atoms with van der Waals surface area (Å²) in [5, 5.41) is 6.60. The number of nitrogens with zero attached hydrogens (tertiary/aromatic N) is 3. The second-order valence-corrected chi connectivity index (χ2v) is 5.23. The smallest absolute Gasteiger partial charge is 0.355 e. The third-order valence-electron chi connectivity index (χ3n) is 2.73. The highest BCUT2D eigenvalue weighted by Crippen LogP contribution is 2.30. The fraction of sp³-hybridized carbons (Fsp3) is 0.385. The number of aromatic nitrogens is 2. The lowest BCUT2D eigenvalue weighted by Crippen LogP contribution is -2.20. The van der Waals surface area contributed by atoms with Crippen LogP contribution in [0, 0.1) is 0 Å². The molecule has 0 fully saturated rings. The second kappa shape index (κ2) is 6.30. The summed E-state index contributed by atoms with van der Waals surface area (Å²) < 4.78 is 38.7. The molecule has 4 nitrogen and oxygen atoms in total. The molecule has 0 aliphatic carbocycles. The molecule has 21 heavy (non-hydrogen) atoms. The number of hydrogen-bond acceptors (Lipinski definition) is 5. The van der Waals surface area contributed by atoms with Crippen molar-refractivity contribution in [1.82, 2.24) is 9.97 Å². The van der Waals surface area contributed by atoms with Gasteiger partial charge in [-0.1, -0.05) is 0 Å². The number of nitrogens with one attached hydrogen (secondary N) is 1. The fourth-order valence-electron chi connectivity index (χ4n) is 1.75. The van der Waals surface area contributed by atoms with Crippen LogP contribution in [0.2, 0.25) is 0 Å². The van der Waals surface area contributed by atoms with Crippen molar-refractivity contribution in [3.63, 3.8) is 0 Å². The normalized spacial score (nSPS) is 11.5. The van der Waals surface area contributed by atoms with Gasteiger partial charge in [0.25, 0.3) is 0 Å². The van der Waals surface area contributed by atoms with Gasteiger partial charge >= 0.3 is 6.18 Å². The molecule has 0 aromatic carbocycles. The minimum Gasteiger partial charge on any atom is -0.355 e. The van der Waals surface area contributed by atoms with Crippen LogP contribution in [0.1, 0.15) is 18.2 Å². The van der Waals surface area contributed by atoms with Gasteiger partial charge in [0.15, 0.2) is 5.69 Å². The number of alkyl halides is 3. The molecule has 0 radical (unpaired) electrons. The Morgan fingerprint density at radius 2 is 2.10 bits per heavy atom. The highest BCUT2D eigenvalue weighted by molar-refractivity contribution is 7.07. The van der Waals surface area contributed by atoms with E-state index in [1.807, 2.05) is 16.8 Å². The van der Waals surface area contributed by atoms with Crippen molar-refractivity contribution < 1.29 is 13.2 Å². The largest absolute Gasteiger partial charge is 0.433 e. The number of anilines is 2. The van der Waals surface area contributed by atoms with Crippen LogP contribution in [0.25, 0.3) is 0 Å². The summed E-state index contributed by atoms with van der Waals surface area (Å²) in [6, 6.07) is 2.89. The lowest BCUT2D eigenvalue weighted by Gasteiger charge is -2.19. The maximum absolute atomic E-state index is 12.9. The lowest BCUT2D eigenvalue weighted by atomic mass is 10.3. The minimum absolute atomic E-state index is 0.0144. The van der Waals surface area contributed by atoms with E-state index in [1.165, 1.54) is 0 Å². The topological polar surface area (TPSA) is 41.1 Å². The summed E-state index contributed by atoms with van der Waals surface area (Å²) in [5.41, 5.74) is 0.0836. The molecule has 1 N–H and O–H groups in total. The van der Waals surface area contributed by atoms with Gasteiger partial charge in [-0.3, -0.25) is 0 Å². The molecule has 8 heteroatoms. The molecular weight excluding hydrogens is 301 g/mol. The first-order chi connectivity index (χ1) is 9.90. The molecule has 0 saturated carbocycles. The zero-order valence-corrected chi connectivity index (χ0v) is 12.4. The molecule has 0 aliphatic rings. The third kappa shape index (κ3) is 4.07. The van der Waals surface area contributed by atoms with E-state index in [1.54, 1.807) is 30.2 Å². The van der Waals surface area contributed by atoms with Crippen LogP contribution in [0.5, 0.6) is 0 Å². The van der Waals surface area contributed by atoms with Gasteiger partial charge in [0.1, 0.15) is 5.82 Å². The van der Waals surface area contributed by atoms with E-state index in [4.69, 9.17) is 0 Å². The van der Waals surface area contributed by atoms with Crippen molar-refractivity contribution in [1.29, 1.82) is 0 Å². The fourth-order valence-corrected chi connectivity index (χ4v) is 2.41. The maximum atomic E-state index is 12.9. The molecule has 0 bridgehead atoms. The Morgan fingerprint density at radius 1 is 1.33 bits per heavy atom. The van der Waals surface area contributed by atoms with Crippen molar-refractivity contribution in [3.05, 3.63) is 34.2 Å². The molecule has 2 aromatic rings. The molecular formula is C13H15F3N4S. The summed E-state index contributed by atoms with van der Waals surface area (Å²) in [6.45, 7) is 2.72. The van der Waals surface area contributed by atoms with Crippen molar-refractivity contribution in [2.75, 3.05) is 23.8 Å². The maximum Gasteiger partial charge on any atom is 0.433 e. The van der Waals surface area contributed by atoms with Gasteiger partial charge in [-0.05, 0) is 29.3 Å². The number of hydrogen-bond donors (Lipinski definition) is 1. The molecule has 0 unspecified atom stereocenters. The Labute approximate surface area is 124 Å².